The van der Waals surface area contributed by atoms with Crippen LogP contribution in [0.5, 0.6) is 0 Å². The minimum atomic E-state index is -0.913. The largest absolute Gasteiger partial charge is 0.481 e. The number of ether oxygens (including phenoxy) is 1. The van der Waals surface area contributed by atoms with Crippen LogP contribution in [0.3, 0.4) is 0 Å². The molecule has 1 aliphatic rings. The maximum atomic E-state index is 11.6. The van der Waals surface area contributed by atoms with E-state index in [1.807, 2.05) is 4.90 Å². The van der Waals surface area contributed by atoms with Crippen molar-refractivity contribution in [2.75, 3.05) is 24.6 Å². The van der Waals surface area contributed by atoms with Crippen LogP contribution in [-0.2, 0) is 9.53 Å². The number of rotatable bonds is 4. The van der Waals surface area contributed by atoms with Crippen molar-refractivity contribution in [2.45, 2.75) is 19.4 Å². The number of pyridine rings is 1. The lowest BCUT2D eigenvalue weighted by molar-refractivity contribution is -0.140. The van der Waals surface area contributed by atoms with Crippen molar-refractivity contribution in [3.63, 3.8) is 0 Å². The molecule has 0 saturated carbocycles. The molecule has 108 valence electrons. The number of primary amides is 1. The average molecular weight is 279 g/mol. The van der Waals surface area contributed by atoms with Gasteiger partial charge in [0.2, 0.25) is 0 Å². The second kappa shape index (κ2) is 5.87. The molecule has 0 radical (unpaired) electrons. The van der Waals surface area contributed by atoms with E-state index in [2.05, 4.69) is 4.98 Å². The molecule has 1 aromatic heterocycles. The molecule has 7 heteroatoms. The van der Waals surface area contributed by atoms with E-state index < -0.39 is 18.0 Å². The molecular weight excluding hydrogens is 262 g/mol. The van der Waals surface area contributed by atoms with E-state index in [1.54, 1.807) is 19.2 Å². The predicted molar refractivity (Wildman–Crippen MR) is 71.7 cm³/mol. The molecule has 0 aromatic carbocycles. The summed E-state index contributed by atoms with van der Waals surface area (Å²) in [7, 11) is 0. The van der Waals surface area contributed by atoms with Gasteiger partial charge in [-0.05, 0) is 18.6 Å². The van der Waals surface area contributed by atoms with Crippen LogP contribution in [0.4, 0.5) is 5.82 Å². The second-order valence-corrected chi connectivity index (χ2v) is 4.73. The molecule has 3 N–H and O–H groups in total. The highest BCUT2D eigenvalue weighted by atomic mass is 16.5. The van der Waals surface area contributed by atoms with Gasteiger partial charge in [-0.15, -0.1) is 0 Å². The number of hydrogen-bond donors (Lipinski definition) is 2. The highest BCUT2D eigenvalue weighted by Crippen LogP contribution is 2.23. The van der Waals surface area contributed by atoms with Crippen molar-refractivity contribution < 1.29 is 19.4 Å². The monoisotopic (exact) mass is 279 g/mol. The molecule has 1 atom stereocenters. The first-order valence-electron chi connectivity index (χ1n) is 6.32. The van der Waals surface area contributed by atoms with Gasteiger partial charge in [0.25, 0.3) is 5.91 Å². The zero-order valence-corrected chi connectivity index (χ0v) is 11.2. The van der Waals surface area contributed by atoms with E-state index in [0.717, 1.165) is 5.56 Å². The van der Waals surface area contributed by atoms with Gasteiger partial charge >= 0.3 is 5.97 Å². The lowest BCUT2D eigenvalue weighted by Crippen LogP contribution is -2.44. The zero-order valence-electron chi connectivity index (χ0n) is 11.2. The Labute approximate surface area is 116 Å². The van der Waals surface area contributed by atoms with Crippen LogP contribution in [0.25, 0.3) is 0 Å². The first-order valence-corrected chi connectivity index (χ1v) is 6.32. The number of amides is 1. The van der Waals surface area contributed by atoms with Crippen LogP contribution in [0.15, 0.2) is 12.3 Å². The number of nitrogens with two attached hydrogens (primary N) is 1. The van der Waals surface area contributed by atoms with Gasteiger partial charge in [-0.2, -0.15) is 0 Å². The molecule has 0 aliphatic carbocycles. The van der Waals surface area contributed by atoms with E-state index >= 15 is 0 Å². The Balaban J connectivity index is 2.25. The van der Waals surface area contributed by atoms with Crippen molar-refractivity contribution in [3.05, 3.63) is 23.4 Å². The maximum Gasteiger partial charge on any atom is 0.306 e. The minimum Gasteiger partial charge on any atom is -0.481 e. The summed E-state index contributed by atoms with van der Waals surface area (Å²) in [6, 6.07) is 1.72. The van der Waals surface area contributed by atoms with Crippen molar-refractivity contribution in [3.8, 4) is 0 Å². The summed E-state index contributed by atoms with van der Waals surface area (Å²) in [6.07, 6.45) is 1.12. The smallest absolute Gasteiger partial charge is 0.306 e. The third kappa shape index (κ3) is 3.05. The number of aliphatic carboxylic acids is 1. The molecule has 20 heavy (non-hydrogen) atoms. The molecule has 2 rings (SSSR count). The van der Waals surface area contributed by atoms with E-state index in [9.17, 15) is 9.59 Å². The summed E-state index contributed by atoms with van der Waals surface area (Å²) in [6.45, 7) is 3.11. The number of nitrogens with zero attached hydrogens (tertiary/aromatic N) is 2. The molecule has 7 nitrogen and oxygen atoms in total. The van der Waals surface area contributed by atoms with Crippen LogP contribution in [-0.4, -0.2) is 47.8 Å². The predicted octanol–water partition coefficient (Wildman–Crippen LogP) is 0.169. The van der Waals surface area contributed by atoms with E-state index in [0.29, 0.717) is 31.1 Å². The number of aryl methyl sites for hydroxylation is 1. The lowest BCUT2D eigenvalue weighted by atomic mass is 10.1. The fourth-order valence-corrected chi connectivity index (χ4v) is 2.32. The van der Waals surface area contributed by atoms with Gasteiger partial charge in [-0.1, -0.05) is 0 Å². The van der Waals surface area contributed by atoms with Crippen LogP contribution in [0, 0.1) is 6.92 Å². The molecule has 1 aromatic rings. The molecule has 1 unspecified atom stereocenters. The Hall–Kier alpha value is -2.15. The summed E-state index contributed by atoms with van der Waals surface area (Å²) in [5, 5.41) is 8.82. The Bertz CT molecular complexity index is 532. The van der Waals surface area contributed by atoms with Crippen molar-refractivity contribution >= 4 is 17.7 Å². The maximum absolute atomic E-state index is 11.6. The number of carboxylic acid groups (broad SMARTS) is 1. The van der Waals surface area contributed by atoms with Gasteiger partial charge in [0.1, 0.15) is 5.82 Å². The topological polar surface area (TPSA) is 106 Å². The number of anilines is 1. The number of hydrogen-bond acceptors (Lipinski definition) is 5. The molecule has 0 spiro atoms. The third-order valence-corrected chi connectivity index (χ3v) is 3.23. The van der Waals surface area contributed by atoms with Crippen LogP contribution >= 0.6 is 0 Å². The van der Waals surface area contributed by atoms with Gasteiger partial charge in [-0.3, -0.25) is 9.59 Å². The first kappa shape index (κ1) is 14.3. The van der Waals surface area contributed by atoms with Crippen LogP contribution in [0.2, 0.25) is 0 Å². The standard InChI is InChI=1S/C13H17N3O4/c1-8-2-3-15-13(11(8)12(14)19)16-4-5-20-9(7-16)6-10(17)18/h2-3,9H,4-7H2,1H3,(H2,14,19)(H,17,18). The van der Waals surface area contributed by atoms with Gasteiger partial charge in [0, 0.05) is 19.3 Å². The highest BCUT2D eigenvalue weighted by Gasteiger charge is 2.26. The molecule has 1 amide bonds. The fraction of sp³-hybridized carbons (Fsp3) is 0.462. The summed E-state index contributed by atoms with van der Waals surface area (Å²) in [5.74, 6) is -0.952. The number of morpholine rings is 1. The van der Waals surface area contributed by atoms with Crippen LogP contribution in [0.1, 0.15) is 22.3 Å². The van der Waals surface area contributed by atoms with Crippen molar-refractivity contribution in [1.82, 2.24) is 4.98 Å². The second-order valence-electron chi connectivity index (χ2n) is 4.73. The zero-order chi connectivity index (χ0) is 14.7. The normalized spacial score (nSPS) is 18.9. The van der Waals surface area contributed by atoms with Crippen LogP contribution < -0.4 is 10.6 Å². The van der Waals surface area contributed by atoms with Gasteiger partial charge in [-0.25, -0.2) is 4.98 Å². The Kier molecular flexibility index (Phi) is 4.19. The summed E-state index contributed by atoms with van der Waals surface area (Å²) in [5.41, 5.74) is 6.54. The first-order chi connectivity index (χ1) is 9.49. The molecule has 1 aliphatic heterocycles. The highest BCUT2D eigenvalue weighted by molar-refractivity contribution is 5.99. The third-order valence-electron chi connectivity index (χ3n) is 3.23. The van der Waals surface area contributed by atoms with E-state index in [4.69, 9.17) is 15.6 Å². The Morgan fingerprint density at radius 2 is 2.35 bits per heavy atom. The number of carbonyl (C=O) groups excluding carboxylic acids is 1. The summed E-state index contributed by atoms with van der Waals surface area (Å²) >= 11 is 0. The Morgan fingerprint density at radius 3 is 3.00 bits per heavy atom. The van der Waals surface area contributed by atoms with E-state index in [1.165, 1.54) is 0 Å². The molecule has 0 bridgehead atoms. The van der Waals surface area contributed by atoms with Crippen molar-refractivity contribution in [1.29, 1.82) is 0 Å². The molecule has 1 saturated heterocycles. The van der Waals surface area contributed by atoms with Gasteiger partial charge in [0.15, 0.2) is 0 Å². The summed E-state index contributed by atoms with van der Waals surface area (Å²) in [4.78, 5) is 28.4. The van der Waals surface area contributed by atoms with Gasteiger partial charge < -0.3 is 20.5 Å². The molecule has 1 fully saturated rings. The van der Waals surface area contributed by atoms with Gasteiger partial charge in [0.05, 0.1) is 24.7 Å². The molecular formula is C13H17N3O4. The quantitative estimate of drug-likeness (QED) is 0.813. The number of aromatic nitrogens is 1. The van der Waals surface area contributed by atoms with E-state index in [-0.39, 0.29) is 6.42 Å². The lowest BCUT2D eigenvalue weighted by Gasteiger charge is -2.34. The van der Waals surface area contributed by atoms with Crippen molar-refractivity contribution in [2.24, 2.45) is 5.73 Å². The Morgan fingerprint density at radius 1 is 1.60 bits per heavy atom. The minimum absolute atomic E-state index is 0.0752. The molecule has 2 heterocycles. The SMILES string of the molecule is Cc1ccnc(N2CCOC(CC(=O)O)C2)c1C(N)=O. The fourth-order valence-electron chi connectivity index (χ4n) is 2.32. The average Bonchev–Trinajstić information content (AvgIpc) is 2.37. The summed E-state index contributed by atoms with van der Waals surface area (Å²) < 4.78 is 5.40. The number of carbonyl (C=O) groups is 2. The number of carboxylic acids is 1.